The van der Waals surface area contributed by atoms with Crippen molar-refractivity contribution >= 4 is 5.82 Å². The molecule has 128 valence electrons. The number of halogens is 3. The molecule has 3 heterocycles. The van der Waals surface area contributed by atoms with Crippen molar-refractivity contribution in [2.24, 2.45) is 0 Å². The second-order valence-corrected chi connectivity index (χ2v) is 5.96. The lowest BCUT2D eigenvalue weighted by atomic mass is 9.92. The predicted octanol–water partition coefficient (Wildman–Crippen LogP) is 2.74. The topological polar surface area (TPSA) is 62.1 Å². The Kier molecular flexibility index (Phi) is 4.16. The number of piperidine rings is 1. The van der Waals surface area contributed by atoms with Crippen molar-refractivity contribution < 1.29 is 18.3 Å². The molecular weight excluding hydrogens is 321 g/mol. The molecule has 24 heavy (non-hydrogen) atoms. The first-order valence-corrected chi connectivity index (χ1v) is 7.60. The van der Waals surface area contributed by atoms with Crippen molar-refractivity contribution in [1.82, 2.24) is 15.0 Å². The lowest BCUT2D eigenvalue weighted by Crippen LogP contribution is -2.57. The zero-order valence-electron chi connectivity index (χ0n) is 13.1. The van der Waals surface area contributed by atoms with Crippen molar-refractivity contribution in [1.29, 1.82) is 0 Å². The van der Waals surface area contributed by atoms with E-state index in [1.165, 1.54) is 4.90 Å². The number of rotatable bonds is 2. The van der Waals surface area contributed by atoms with Gasteiger partial charge in [-0.25, -0.2) is 9.97 Å². The Hall–Kier alpha value is -2.22. The molecule has 2 aromatic heterocycles. The molecule has 0 saturated carbocycles. The van der Waals surface area contributed by atoms with Crippen LogP contribution >= 0.6 is 0 Å². The van der Waals surface area contributed by atoms with Crippen LogP contribution in [-0.2, 0) is 0 Å². The van der Waals surface area contributed by atoms with Gasteiger partial charge in [0.25, 0.3) is 0 Å². The molecule has 2 aromatic rings. The molecule has 0 aliphatic carbocycles. The van der Waals surface area contributed by atoms with Crippen LogP contribution < -0.4 is 4.90 Å². The van der Waals surface area contributed by atoms with Gasteiger partial charge in [0, 0.05) is 24.5 Å². The minimum Gasteiger partial charge on any atom is -0.379 e. The maximum Gasteiger partial charge on any atom is 0.418 e. The highest BCUT2D eigenvalue weighted by Crippen LogP contribution is 2.38. The van der Waals surface area contributed by atoms with Crippen molar-refractivity contribution in [3.8, 4) is 11.5 Å². The zero-order valence-corrected chi connectivity index (χ0v) is 13.1. The number of nitrogens with zero attached hydrogens (tertiary/aromatic N) is 4. The summed E-state index contributed by atoms with van der Waals surface area (Å²) in [7, 11) is 0. The Morgan fingerprint density at radius 1 is 1.25 bits per heavy atom. The Morgan fingerprint density at radius 2 is 2.04 bits per heavy atom. The summed E-state index contributed by atoms with van der Waals surface area (Å²) in [6.07, 6.45) is -3.14. The molecule has 1 aliphatic rings. The van der Waals surface area contributed by atoms with Crippen LogP contribution in [0.15, 0.2) is 30.5 Å². The summed E-state index contributed by atoms with van der Waals surface area (Å²) in [5, 5.41) is 9.97. The van der Waals surface area contributed by atoms with Crippen LogP contribution in [0.5, 0.6) is 0 Å². The first kappa shape index (κ1) is 16.6. The molecular formula is C16H17F3N4O. The van der Waals surface area contributed by atoms with Crippen molar-refractivity contribution in [2.45, 2.75) is 31.5 Å². The quantitative estimate of drug-likeness (QED) is 0.912. The highest BCUT2D eigenvalue weighted by atomic mass is 19.4. The summed E-state index contributed by atoms with van der Waals surface area (Å²) in [4.78, 5) is 14.3. The van der Waals surface area contributed by atoms with E-state index >= 15 is 0 Å². The highest BCUT2D eigenvalue weighted by Gasteiger charge is 2.55. The minimum atomic E-state index is -4.67. The zero-order chi connectivity index (χ0) is 17.4. The van der Waals surface area contributed by atoms with Gasteiger partial charge in [-0.2, -0.15) is 13.2 Å². The number of hydrogen-bond donors (Lipinski definition) is 1. The van der Waals surface area contributed by atoms with Crippen LogP contribution in [0.2, 0.25) is 0 Å². The molecule has 0 amide bonds. The number of aromatic nitrogens is 3. The largest absolute Gasteiger partial charge is 0.418 e. The van der Waals surface area contributed by atoms with Crippen molar-refractivity contribution in [2.75, 3.05) is 18.0 Å². The average Bonchev–Trinajstić information content (AvgIpc) is 2.54. The molecule has 1 saturated heterocycles. The van der Waals surface area contributed by atoms with E-state index in [4.69, 9.17) is 0 Å². The molecule has 1 unspecified atom stereocenters. The third kappa shape index (κ3) is 3.19. The fraction of sp³-hybridized carbons (Fsp3) is 0.438. The van der Waals surface area contributed by atoms with E-state index in [0.717, 1.165) is 0 Å². The van der Waals surface area contributed by atoms with E-state index < -0.39 is 18.3 Å². The van der Waals surface area contributed by atoms with Crippen LogP contribution in [0.4, 0.5) is 19.0 Å². The summed E-state index contributed by atoms with van der Waals surface area (Å²) in [6, 6.07) is 6.90. The second-order valence-electron chi connectivity index (χ2n) is 5.96. The summed E-state index contributed by atoms with van der Waals surface area (Å²) in [5.41, 5.74) is -1.54. The molecule has 1 fully saturated rings. The monoisotopic (exact) mass is 338 g/mol. The summed E-state index contributed by atoms with van der Waals surface area (Å²) in [6.45, 7) is 1.61. The normalized spacial score (nSPS) is 21.8. The number of β-amino-alcohol motifs (C(OH)–C–C–N with tert-alkyl or cyclic N) is 1. The van der Waals surface area contributed by atoms with Crippen molar-refractivity contribution in [3.05, 3.63) is 36.2 Å². The van der Waals surface area contributed by atoms with Gasteiger partial charge in [-0.3, -0.25) is 4.98 Å². The lowest BCUT2D eigenvalue weighted by molar-refractivity contribution is -0.261. The maximum atomic E-state index is 13.1. The minimum absolute atomic E-state index is 0.234. The van der Waals surface area contributed by atoms with Gasteiger partial charge in [0.2, 0.25) is 0 Å². The van der Waals surface area contributed by atoms with Gasteiger partial charge in [-0.05, 0) is 31.9 Å². The van der Waals surface area contributed by atoms with E-state index in [1.54, 1.807) is 37.4 Å². The molecule has 8 heteroatoms. The second kappa shape index (κ2) is 6.01. The highest BCUT2D eigenvalue weighted by molar-refractivity contribution is 5.54. The first-order valence-electron chi connectivity index (χ1n) is 7.60. The Morgan fingerprint density at radius 3 is 2.71 bits per heavy atom. The number of pyridine rings is 1. The number of alkyl halides is 3. The molecule has 1 N–H and O–H groups in total. The summed E-state index contributed by atoms with van der Waals surface area (Å²) < 4.78 is 39.4. The summed E-state index contributed by atoms with van der Waals surface area (Å²) >= 11 is 0. The Balaban J connectivity index is 1.94. The molecule has 1 aliphatic heterocycles. The number of aryl methyl sites for hydroxylation is 1. The number of aliphatic hydroxyl groups is 1. The third-order valence-corrected chi connectivity index (χ3v) is 4.06. The maximum absolute atomic E-state index is 13.1. The average molecular weight is 338 g/mol. The van der Waals surface area contributed by atoms with Gasteiger partial charge in [-0.1, -0.05) is 6.07 Å². The number of hydrogen-bond acceptors (Lipinski definition) is 5. The van der Waals surface area contributed by atoms with E-state index in [0.29, 0.717) is 29.6 Å². The molecule has 0 radical (unpaired) electrons. The third-order valence-electron chi connectivity index (χ3n) is 4.06. The Bertz CT molecular complexity index is 723. The van der Waals surface area contributed by atoms with E-state index in [9.17, 15) is 18.3 Å². The number of anilines is 1. The molecule has 3 rings (SSSR count). The SMILES string of the molecule is Cc1cc(N2CCCC(O)(C(F)(F)F)C2)nc(-c2ccccn2)n1. The Labute approximate surface area is 137 Å². The smallest absolute Gasteiger partial charge is 0.379 e. The van der Waals surface area contributed by atoms with Gasteiger partial charge in [-0.15, -0.1) is 0 Å². The van der Waals surface area contributed by atoms with Gasteiger partial charge in [0.1, 0.15) is 11.5 Å². The van der Waals surface area contributed by atoms with Crippen LogP contribution in [0.25, 0.3) is 11.5 Å². The molecule has 0 aromatic carbocycles. The van der Waals surface area contributed by atoms with Gasteiger partial charge >= 0.3 is 6.18 Å². The van der Waals surface area contributed by atoms with Gasteiger partial charge < -0.3 is 10.0 Å². The predicted molar refractivity (Wildman–Crippen MR) is 82.5 cm³/mol. The van der Waals surface area contributed by atoms with Crippen LogP contribution in [-0.4, -0.2) is 44.9 Å². The molecule has 5 nitrogen and oxygen atoms in total. The van der Waals surface area contributed by atoms with Crippen LogP contribution in [0.1, 0.15) is 18.5 Å². The molecule has 1 atom stereocenters. The standard InChI is InChI=1S/C16H17F3N4O/c1-11-9-13(22-14(21-11)12-5-2-3-7-20-12)23-8-4-6-15(24,10-23)16(17,18)19/h2-3,5,7,9,24H,4,6,8,10H2,1H3. The van der Waals surface area contributed by atoms with Crippen molar-refractivity contribution in [3.63, 3.8) is 0 Å². The van der Waals surface area contributed by atoms with E-state index in [1.807, 2.05) is 0 Å². The van der Waals surface area contributed by atoms with E-state index in [-0.39, 0.29) is 12.8 Å². The fourth-order valence-electron chi connectivity index (χ4n) is 2.79. The first-order chi connectivity index (χ1) is 11.3. The van der Waals surface area contributed by atoms with Crippen LogP contribution in [0.3, 0.4) is 0 Å². The van der Waals surface area contributed by atoms with Gasteiger partial charge in [0.15, 0.2) is 11.4 Å². The molecule has 0 spiro atoms. The fourth-order valence-corrected chi connectivity index (χ4v) is 2.79. The van der Waals surface area contributed by atoms with E-state index in [2.05, 4.69) is 15.0 Å². The molecule has 0 bridgehead atoms. The lowest BCUT2D eigenvalue weighted by Gasteiger charge is -2.40. The van der Waals surface area contributed by atoms with Crippen LogP contribution in [0, 0.1) is 6.92 Å². The summed E-state index contributed by atoms with van der Waals surface area (Å²) in [5.74, 6) is 0.720. The van der Waals surface area contributed by atoms with Gasteiger partial charge in [0.05, 0.1) is 6.54 Å².